The number of aryl methyl sites for hydroxylation is 4. The van der Waals surface area contributed by atoms with Gasteiger partial charge in [0.15, 0.2) is 0 Å². The number of fused-ring (bicyclic) bond motifs is 8. The van der Waals surface area contributed by atoms with Crippen molar-refractivity contribution < 1.29 is 0 Å². The Kier molecular flexibility index (Phi) is 8.83. The lowest BCUT2D eigenvalue weighted by atomic mass is 9.99. The van der Waals surface area contributed by atoms with Gasteiger partial charge in [0.05, 0.1) is 20.6 Å². The summed E-state index contributed by atoms with van der Waals surface area (Å²) in [5.74, 6) is 0. The molecule has 8 bridgehead atoms. The Balaban J connectivity index is 1.51. The summed E-state index contributed by atoms with van der Waals surface area (Å²) in [6.07, 6.45) is 4.31. The number of H-pyrrole nitrogens is 2. The van der Waals surface area contributed by atoms with Crippen LogP contribution in [0, 0.1) is 31.3 Å². The van der Waals surface area contributed by atoms with Crippen molar-refractivity contribution in [3.8, 4) is 44.5 Å². The molecular formula is C48H36BrIN4. The van der Waals surface area contributed by atoms with Gasteiger partial charge in [-0.1, -0.05) is 119 Å². The van der Waals surface area contributed by atoms with E-state index >= 15 is 0 Å². The molecule has 0 fully saturated rings. The van der Waals surface area contributed by atoms with Gasteiger partial charge in [0.1, 0.15) is 4.62 Å². The van der Waals surface area contributed by atoms with Crippen LogP contribution in [0.3, 0.4) is 0 Å². The zero-order valence-electron chi connectivity index (χ0n) is 30.4. The smallest absolute Gasteiger partial charge is 0.115 e. The van der Waals surface area contributed by atoms with E-state index in [4.69, 9.17) is 9.98 Å². The molecule has 7 aromatic rings. The predicted molar refractivity (Wildman–Crippen MR) is 241 cm³/mol. The molecule has 0 unspecified atom stereocenters. The number of aromatic amines is 2. The average molecular weight is 876 g/mol. The van der Waals surface area contributed by atoms with Gasteiger partial charge in [-0.15, -0.1) is 0 Å². The fraction of sp³-hybridized carbons (Fsp3) is 0.0833. The topological polar surface area (TPSA) is 56.8 Å². The lowest BCUT2D eigenvalue weighted by Gasteiger charge is -2.09. The van der Waals surface area contributed by atoms with E-state index in [1.807, 2.05) is 0 Å². The third-order valence-corrected chi connectivity index (χ3v) is 11.9. The second kappa shape index (κ2) is 13.8. The molecule has 5 heterocycles. The van der Waals surface area contributed by atoms with Gasteiger partial charge >= 0.3 is 0 Å². The molecule has 0 aliphatic carbocycles. The Morgan fingerprint density at radius 2 is 0.759 bits per heavy atom. The second-order valence-corrected chi connectivity index (χ2v) is 16.0. The third kappa shape index (κ3) is 6.17. The maximum absolute atomic E-state index is 5.43. The van der Waals surface area contributed by atoms with E-state index in [-0.39, 0.29) is 0 Å². The minimum absolute atomic E-state index is 0.797. The highest BCUT2D eigenvalue weighted by Crippen LogP contribution is 2.46. The van der Waals surface area contributed by atoms with Gasteiger partial charge in [-0.25, -0.2) is 9.98 Å². The SMILES string of the molecule is Cc1ccc(-c2c3nc(c(-c4ccc(C)cc4)c4ccc([nH]4)c(-c4ccc(C)cc4)c4c(I)c(c(-c5ccc(C)cc5)c5ccc2[nH]5)N=C4Br)C=C3)cc1. The van der Waals surface area contributed by atoms with Gasteiger partial charge < -0.3 is 9.97 Å². The summed E-state index contributed by atoms with van der Waals surface area (Å²) in [4.78, 5) is 18.5. The molecule has 262 valence electrons. The summed E-state index contributed by atoms with van der Waals surface area (Å²) >= 11 is 6.49. The summed E-state index contributed by atoms with van der Waals surface area (Å²) in [5.41, 5.74) is 21.2. The van der Waals surface area contributed by atoms with Crippen LogP contribution >= 0.6 is 38.5 Å². The maximum atomic E-state index is 5.43. The van der Waals surface area contributed by atoms with E-state index in [1.165, 1.54) is 22.3 Å². The molecule has 9 rings (SSSR count). The van der Waals surface area contributed by atoms with Crippen molar-refractivity contribution in [2.24, 2.45) is 4.99 Å². The number of hydrogen-bond acceptors (Lipinski definition) is 2. The summed E-state index contributed by atoms with van der Waals surface area (Å²) in [6.45, 7) is 8.50. The molecule has 2 aliphatic rings. The van der Waals surface area contributed by atoms with Gasteiger partial charge in [0.2, 0.25) is 0 Å². The van der Waals surface area contributed by atoms with Gasteiger partial charge in [-0.3, -0.25) is 0 Å². The van der Waals surface area contributed by atoms with Crippen LogP contribution in [0.4, 0.5) is 5.69 Å². The fourth-order valence-electron chi connectivity index (χ4n) is 7.42. The van der Waals surface area contributed by atoms with Crippen LogP contribution in [0.25, 0.3) is 78.7 Å². The predicted octanol–water partition coefficient (Wildman–Crippen LogP) is 14.1. The monoisotopic (exact) mass is 874 g/mol. The lowest BCUT2D eigenvalue weighted by Crippen LogP contribution is -1.93. The highest BCUT2D eigenvalue weighted by atomic mass is 127. The first-order valence-corrected chi connectivity index (χ1v) is 19.9. The number of nitrogens with zero attached hydrogens (tertiary/aromatic N) is 2. The minimum Gasteiger partial charge on any atom is -0.354 e. The zero-order valence-corrected chi connectivity index (χ0v) is 34.1. The summed E-state index contributed by atoms with van der Waals surface area (Å²) in [5, 5.41) is 0. The van der Waals surface area contributed by atoms with Crippen molar-refractivity contribution in [2.75, 3.05) is 0 Å². The van der Waals surface area contributed by atoms with Crippen molar-refractivity contribution in [2.45, 2.75) is 27.7 Å². The lowest BCUT2D eigenvalue weighted by molar-refractivity contribution is 1.31. The van der Waals surface area contributed by atoms with Crippen LogP contribution < -0.4 is 0 Å². The molecule has 4 aromatic carbocycles. The highest BCUT2D eigenvalue weighted by molar-refractivity contribution is 14.1. The Labute approximate surface area is 337 Å². The van der Waals surface area contributed by atoms with Crippen molar-refractivity contribution in [1.29, 1.82) is 0 Å². The summed E-state index contributed by atoms with van der Waals surface area (Å²) < 4.78 is 1.86. The molecule has 2 aliphatic heterocycles. The number of benzene rings is 4. The van der Waals surface area contributed by atoms with Gasteiger partial charge in [-0.05, 0) is 125 Å². The first-order valence-electron chi connectivity index (χ1n) is 18.0. The zero-order chi connectivity index (χ0) is 37.1. The van der Waals surface area contributed by atoms with E-state index in [9.17, 15) is 0 Å². The van der Waals surface area contributed by atoms with E-state index in [0.29, 0.717) is 0 Å². The number of halogens is 2. The van der Waals surface area contributed by atoms with Crippen molar-refractivity contribution in [1.82, 2.24) is 15.0 Å². The Morgan fingerprint density at radius 3 is 1.17 bits per heavy atom. The number of nitrogens with one attached hydrogen (secondary N) is 2. The molecule has 6 heteroatoms. The third-order valence-electron chi connectivity index (χ3n) is 10.3. The summed E-state index contributed by atoms with van der Waals surface area (Å²) in [7, 11) is 0. The molecular weight excluding hydrogens is 839 g/mol. The molecule has 0 saturated heterocycles. The van der Waals surface area contributed by atoms with Crippen LogP contribution in [0.15, 0.2) is 126 Å². The maximum Gasteiger partial charge on any atom is 0.115 e. The van der Waals surface area contributed by atoms with Gasteiger partial charge in [0, 0.05) is 49.9 Å². The Bertz CT molecular complexity index is 2840. The molecule has 0 spiro atoms. The number of aliphatic imine (C=N–C) groups is 1. The van der Waals surface area contributed by atoms with Crippen molar-refractivity contribution >= 4 is 83.0 Å². The van der Waals surface area contributed by atoms with E-state index in [1.54, 1.807) is 0 Å². The van der Waals surface area contributed by atoms with E-state index in [0.717, 1.165) is 97.4 Å². The number of aromatic nitrogens is 3. The molecule has 54 heavy (non-hydrogen) atoms. The standard InChI is InChI=1S/C48H36BrIN4/c1-27-5-13-31(14-6-27)41-35-21-22-36(51-35)42(32-15-7-28(2)8-16-32)38-24-26-40(53-38)44(34-19-11-30(4)12-20-34)47-46(50)45(48(49)54-47)43(39-25-23-37(41)52-39)33-17-9-29(3)10-18-33/h5-26,52-53H,1-4H3. The highest BCUT2D eigenvalue weighted by Gasteiger charge is 2.25. The fourth-order valence-corrected chi connectivity index (χ4v) is 9.28. The van der Waals surface area contributed by atoms with Crippen LogP contribution in [0.5, 0.6) is 0 Å². The minimum atomic E-state index is 0.797. The molecule has 0 amide bonds. The van der Waals surface area contributed by atoms with Crippen LogP contribution in [-0.4, -0.2) is 19.6 Å². The van der Waals surface area contributed by atoms with Gasteiger partial charge in [-0.2, -0.15) is 0 Å². The molecule has 0 radical (unpaired) electrons. The van der Waals surface area contributed by atoms with Crippen LogP contribution in [0.1, 0.15) is 39.2 Å². The van der Waals surface area contributed by atoms with Crippen LogP contribution in [0.2, 0.25) is 0 Å². The molecule has 0 saturated carbocycles. The quantitative estimate of drug-likeness (QED) is 0.170. The van der Waals surface area contributed by atoms with E-state index in [2.05, 4.69) is 210 Å². The largest absolute Gasteiger partial charge is 0.354 e. The number of rotatable bonds is 4. The van der Waals surface area contributed by atoms with Crippen LogP contribution in [-0.2, 0) is 0 Å². The normalized spacial score (nSPS) is 12.3. The first-order chi connectivity index (χ1) is 26.2. The van der Waals surface area contributed by atoms with Crippen molar-refractivity contribution in [3.63, 3.8) is 0 Å². The second-order valence-electron chi connectivity index (χ2n) is 14.2. The molecule has 3 aromatic heterocycles. The molecule has 4 nitrogen and oxygen atoms in total. The Hall–Kier alpha value is -5.31. The number of hydrogen-bond donors (Lipinski definition) is 2. The van der Waals surface area contributed by atoms with Gasteiger partial charge in [0.25, 0.3) is 0 Å². The average Bonchev–Trinajstić information content (AvgIpc) is 3.99. The summed E-state index contributed by atoms with van der Waals surface area (Å²) in [6, 6.07) is 43.7. The van der Waals surface area contributed by atoms with Crippen molar-refractivity contribution in [3.05, 3.63) is 164 Å². The molecule has 0 atom stereocenters. The Morgan fingerprint density at radius 1 is 0.426 bits per heavy atom. The van der Waals surface area contributed by atoms with E-state index < -0.39 is 0 Å². The molecule has 2 N–H and O–H groups in total. The first kappa shape index (κ1) is 34.5.